The van der Waals surface area contributed by atoms with Crippen molar-refractivity contribution in [1.82, 2.24) is 0 Å². The molecule has 0 aromatic rings. The third-order valence-corrected chi connectivity index (χ3v) is 1.23. The molecule has 10 heavy (non-hydrogen) atoms. The van der Waals surface area contributed by atoms with Gasteiger partial charge >= 0.3 is 0 Å². The topological polar surface area (TPSA) is 0 Å². The summed E-state index contributed by atoms with van der Waals surface area (Å²) >= 11 is 0. The monoisotopic (exact) mass is 128 g/mol. The van der Waals surface area contributed by atoms with Gasteiger partial charge in [-0.15, -0.1) is 12.2 Å². The molecule has 1 aliphatic rings. The highest BCUT2D eigenvalue weighted by Gasteiger charge is 1.85. The van der Waals surface area contributed by atoms with Crippen LogP contribution in [0.4, 0.5) is 0 Å². The Kier molecular flexibility index (Phi) is 2.38. The summed E-state index contributed by atoms with van der Waals surface area (Å²) in [5.41, 5.74) is 3.94. The van der Waals surface area contributed by atoms with E-state index in [-0.39, 0.29) is 0 Å². The number of allylic oxidation sites excluding steroid dienone is 5. The molecule has 0 heterocycles. The smallest absolute Gasteiger partial charge is 0.00615 e. The second-order valence-electron chi connectivity index (χ2n) is 1.97. The summed E-state index contributed by atoms with van der Waals surface area (Å²) in [6.45, 7) is 0. The van der Waals surface area contributed by atoms with E-state index in [0.717, 1.165) is 12.0 Å². The van der Waals surface area contributed by atoms with Crippen LogP contribution in [0, 0.1) is 12.3 Å². The number of terminal acetylenes is 1. The molecule has 0 fully saturated rings. The molecule has 0 saturated heterocycles. The lowest BCUT2D eigenvalue weighted by molar-refractivity contribution is 1.31. The van der Waals surface area contributed by atoms with E-state index in [2.05, 4.69) is 11.7 Å². The van der Waals surface area contributed by atoms with Crippen molar-refractivity contribution in [2.75, 3.05) is 0 Å². The fourth-order valence-electron chi connectivity index (χ4n) is 0.698. The van der Waals surface area contributed by atoms with Gasteiger partial charge in [-0.3, -0.25) is 0 Å². The molecule has 0 unspecified atom stereocenters. The summed E-state index contributed by atoms with van der Waals surface area (Å²) < 4.78 is 0. The molecule has 0 aromatic heterocycles. The van der Waals surface area contributed by atoms with E-state index in [1.807, 2.05) is 30.4 Å². The Bertz CT molecular complexity index is 263. The van der Waals surface area contributed by atoms with Gasteiger partial charge in [0.25, 0.3) is 0 Å². The summed E-state index contributed by atoms with van der Waals surface area (Å²) in [7, 11) is 0. The van der Waals surface area contributed by atoms with Crippen LogP contribution in [0.2, 0.25) is 0 Å². The molecule has 0 amide bonds. The number of hydrogen-bond donors (Lipinski definition) is 0. The van der Waals surface area contributed by atoms with Crippen molar-refractivity contribution < 1.29 is 0 Å². The maximum atomic E-state index is 5.21. The lowest BCUT2D eigenvalue weighted by Gasteiger charge is -1.90. The third-order valence-electron chi connectivity index (χ3n) is 1.23. The lowest BCUT2D eigenvalue weighted by atomic mass is 10.1. The van der Waals surface area contributed by atoms with Crippen molar-refractivity contribution in [1.29, 1.82) is 0 Å². The van der Waals surface area contributed by atoms with Gasteiger partial charge in [-0.1, -0.05) is 18.1 Å². The summed E-state index contributed by atoms with van der Waals surface area (Å²) in [4.78, 5) is 0. The largest absolute Gasteiger partial charge is 0.121 e. The first-order valence-corrected chi connectivity index (χ1v) is 3.17. The first-order chi connectivity index (χ1) is 4.93. The zero-order valence-electron chi connectivity index (χ0n) is 5.67. The highest BCUT2D eigenvalue weighted by molar-refractivity contribution is 5.32. The Hall–Kier alpha value is -1.44. The number of rotatable bonds is 0. The predicted molar refractivity (Wildman–Crippen MR) is 43.3 cm³/mol. The second kappa shape index (κ2) is 3.56. The molecule has 0 radical (unpaired) electrons. The van der Waals surface area contributed by atoms with Crippen molar-refractivity contribution in [3.05, 3.63) is 41.7 Å². The zero-order chi connectivity index (χ0) is 7.23. The predicted octanol–water partition coefficient (Wildman–Crippen LogP) is 2.22. The quantitative estimate of drug-likeness (QED) is 0.346. The van der Waals surface area contributed by atoms with Crippen molar-refractivity contribution in [3.8, 4) is 12.3 Å². The van der Waals surface area contributed by atoms with Crippen LogP contribution < -0.4 is 0 Å². The molecule has 1 rings (SSSR count). The van der Waals surface area contributed by atoms with Crippen LogP contribution in [0.15, 0.2) is 41.7 Å². The maximum Gasteiger partial charge on any atom is 0.00615 e. The van der Waals surface area contributed by atoms with E-state index in [4.69, 9.17) is 6.42 Å². The minimum absolute atomic E-state index is 0.852. The first-order valence-electron chi connectivity index (χ1n) is 3.17. The normalized spacial score (nSPS) is 23.7. The number of hydrogen-bond acceptors (Lipinski definition) is 0. The average molecular weight is 128 g/mol. The van der Waals surface area contributed by atoms with Crippen LogP contribution >= 0.6 is 0 Å². The Morgan fingerprint density at radius 1 is 1.50 bits per heavy atom. The molecule has 0 spiro atoms. The van der Waals surface area contributed by atoms with Gasteiger partial charge in [-0.05, 0) is 24.6 Å². The molecule has 0 aliphatic heterocycles. The average Bonchev–Trinajstić information content (AvgIpc) is 1.87. The van der Waals surface area contributed by atoms with Crippen LogP contribution in [0.3, 0.4) is 0 Å². The SMILES string of the molecule is C#C/C1=C/C=C=C/C=C\C1. The van der Waals surface area contributed by atoms with E-state index >= 15 is 0 Å². The Morgan fingerprint density at radius 3 is 3.20 bits per heavy atom. The Morgan fingerprint density at radius 2 is 2.40 bits per heavy atom. The molecule has 0 atom stereocenters. The van der Waals surface area contributed by atoms with Crippen LogP contribution in [0.5, 0.6) is 0 Å². The zero-order valence-corrected chi connectivity index (χ0v) is 5.67. The lowest BCUT2D eigenvalue weighted by Crippen LogP contribution is -1.74. The fourth-order valence-corrected chi connectivity index (χ4v) is 0.698. The van der Waals surface area contributed by atoms with Gasteiger partial charge in [-0.2, -0.15) is 0 Å². The van der Waals surface area contributed by atoms with Gasteiger partial charge in [0.05, 0.1) is 0 Å². The van der Waals surface area contributed by atoms with Crippen molar-refractivity contribution in [2.45, 2.75) is 6.42 Å². The fraction of sp³-hybridized carbons (Fsp3) is 0.100. The van der Waals surface area contributed by atoms with Crippen molar-refractivity contribution >= 4 is 0 Å². The van der Waals surface area contributed by atoms with Crippen LogP contribution in [-0.2, 0) is 0 Å². The second-order valence-corrected chi connectivity index (χ2v) is 1.97. The van der Waals surface area contributed by atoms with E-state index in [1.165, 1.54) is 0 Å². The van der Waals surface area contributed by atoms with E-state index < -0.39 is 0 Å². The molecule has 0 N–H and O–H groups in total. The van der Waals surface area contributed by atoms with Crippen LogP contribution in [-0.4, -0.2) is 0 Å². The van der Waals surface area contributed by atoms with Gasteiger partial charge in [-0.25, -0.2) is 0 Å². The third kappa shape index (κ3) is 1.82. The first kappa shape index (κ1) is 6.68. The standard InChI is InChI=1S/C10H8/c1-2-10-8-6-4-3-5-7-9-10/h1,3-4,6-7,9H,8H2/b6-4-,10-9-. The Balaban J connectivity index is 2.88. The highest BCUT2D eigenvalue weighted by atomic mass is 13.9. The molecule has 0 heteroatoms. The molecule has 0 bridgehead atoms. The van der Waals surface area contributed by atoms with Gasteiger partial charge in [0.2, 0.25) is 0 Å². The maximum absolute atomic E-state index is 5.21. The molecule has 0 nitrogen and oxygen atoms in total. The Labute approximate surface area is 61.3 Å². The van der Waals surface area contributed by atoms with Gasteiger partial charge < -0.3 is 0 Å². The van der Waals surface area contributed by atoms with E-state index in [1.54, 1.807) is 0 Å². The minimum atomic E-state index is 0.852. The van der Waals surface area contributed by atoms with Crippen LogP contribution in [0.1, 0.15) is 6.42 Å². The minimum Gasteiger partial charge on any atom is -0.121 e. The summed E-state index contributed by atoms with van der Waals surface area (Å²) in [6.07, 6.45) is 15.6. The van der Waals surface area contributed by atoms with E-state index in [9.17, 15) is 0 Å². The van der Waals surface area contributed by atoms with Crippen molar-refractivity contribution in [3.63, 3.8) is 0 Å². The molecule has 48 valence electrons. The molecular weight excluding hydrogens is 120 g/mol. The summed E-state index contributed by atoms with van der Waals surface area (Å²) in [5, 5.41) is 0. The highest BCUT2D eigenvalue weighted by Crippen LogP contribution is 2.02. The molecule has 1 aliphatic carbocycles. The molecular formula is C10H8. The van der Waals surface area contributed by atoms with Gasteiger partial charge in [0, 0.05) is 5.57 Å². The molecule has 0 saturated carbocycles. The van der Waals surface area contributed by atoms with Gasteiger partial charge in [0.15, 0.2) is 0 Å². The summed E-state index contributed by atoms with van der Waals surface area (Å²) in [6, 6.07) is 0. The van der Waals surface area contributed by atoms with Crippen LogP contribution in [0.25, 0.3) is 0 Å². The van der Waals surface area contributed by atoms with Crippen molar-refractivity contribution in [2.24, 2.45) is 0 Å². The summed E-state index contributed by atoms with van der Waals surface area (Å²) in [5.74, 6) is 2.60. The van der Waals surface area contributed by atoms with Gasteiger partial charge in [0.1, 0.15) is 0 Å². The molecule has 0 aromatic carbocycles. The van der Waals surface area contributed by atoms with E-state index in [0.29, 0.717) is 0 Å².